The first-order valence-electron chi connectivity index (χ1n) is 17.1. The molecule has 6 atom stereocenters. The van der Waals surface area contributed by atoms with Crippen LogP contribution in [0.25, 0.3) is 0 Å². The number of esters is 1. The fraction of sp³-hybridized carbons (Fsp3) is 0.474. The molecule has 2 N–H and O–H groups in total. The van der Waals surface area contributed by atoms with E-state index in [0.29, 0.717) is 49.4 Å². The average Bonchev–Trinajstić information content (AvgIpc) is 3.75. The summed E-state index contributed by atoms with van der Waals surface area (Å²) in [6, 6.07) is 14.6. The number of unbranched alkanes of at least 4 members (excludes halogenated alkanes) is 3. The quantitative estimate of drug-likeness (QED) is 0.126. The van der Waals surface area contributed by atoms with Gasteiger partial charge in [-0.05, 0) is 61.9 Å². The number of amides is 3. The Balaban J connectivity index is 1.44. The number of fused-ring (bicyclic) bond motifs is 1. The van der Waals surface area contributed by atoms with Crippen LogP contribution in [0.4, 0.5) is 5.69 Å². The van der Waals surface area contributed by atoms with Crippen molar-refractivity contribution < 1.29 is 33.8 Å². The molecule has 2 aromatic carbocycles. The number of benzene rings is 2. The summed E-state index contributed by atoms with van der Waals surface area (Å²) in [5.41, 5.74) is 0.182. The molecule has 3 heterocycles. The molecule has 0 aromatic heterocycles. The molecule has 2 bridgehead atoms. The van der Waals surface area contributed by atoms with Crippen LogP contribution < -0.4 is 10.2 Å². The minimum absolute atomic E-state index is 0.0770. The van der Waals surface area contributed by atoms with Crippen molar-refractivity contribution in [1.82, 2.24) is 10.2 Å². The third kappa shape index (κ3) is 7.77. The zero-order valence-electron chi connectivity index (χ0n) is 27.8. The average molecular weight is 692 g/mol. The molecule has 3 aliphatic rings. The van der Waals surface area contributed by atoms with Gasteiger partial charge in [-0.3, -0.25) is 19.2 Å². The molecule has 10 nitrogen and oxygen atoms in total. The third-order valence-corrected chi connectivity index (χ3v) is 10.1. The van der Waals surface area contributed by atoms with Crippen LogP contribution in [0.3, 0.4) is 0 Å². The van der Waals surface area contributed by atoms with Crippen LogP contribution >= 0.6 is 11.6 Å². The predicted octanol–water partition coefficient (Wildman–Crippen LogP) is 5.15. The molecule has 49 heavy (non-hydrogen) atoms. The molecular weight excluding hydrogens is 646 g/mol. The monoisotopic (exact) mass is 691 g/mol. The topological polar surface area (TPSA) is 125 Å². The van der Waals surface area contributed by atoms with Crippen LogP contribution in [0.2, 0.25) is 5.02 Å². The predicted molar refractivity (Wildman–Crippen MR) is 187 cm³/mol. The number of halogens is 1. The van der Waals surface area contributed by atoms with Crippen molar-refractivity contribution in [3.05, 3.63) is 90.5 Å². The maximum atomic E-state index is 14.7. The van der Waals surface area contributed by atoms with Crippen molar-refractivity contribution in [2.24, 2.45) is 11.8 Å². The highest BCUT2D eigenvalue weighted by Crippen LogP contribution is 2.58. The van der Waals surface area contributed by atoms with Gasteiger partial charge in [0.2, 0.25) is 11.8 Å². The highest BCUT2D eigenvalue weighted by molar-refractivity contribution is 6.30. The van der Waals surface area contributed by atoms with Gasteiger partial charge >= 0.3 is 5.97 Å². The van der Waals surface area contributed by atoms with Crippen molar-refractivity contribution in [2.45, 2.75) is 75.2 Å². The van der Waals surface area contributed by atoms with Crippen molar-refractivity contribution in [3.8, 4) is 0 Å². The lowest BCUT2D eigenvalue weighted by Gasteiger charge is -2.37. The number of rotatable bonds is 18. The van der Waals surface area contributed by atoms with E-state index in [0.717, 1.165) is 18.4 Å². The molecule has 5 rings (SSSR count). The van der Waals surface area contributed by atoms with E-state index in [-0.39, 0.29) is 43.9 Å². The highest BCUT2D eigenvalue weighted by atomic mass is 35.5. The standard InChI is InChI=1S/C38H46ClN3O7/c1-3-5-15-31(44)48-25-29(26-13-9-8-10-14-26)40-35(45)32-30-20-21-38(49-30)33(32)36(46)42(23-11-6-7-12-24-43)34(38)37(47)41(22-4-2)28-18-16-27(39)17-19-28/h3-4,8-10,13-14,16-19,29-30,32-34,43H,1-2,5-7,11-12,15,20-25H2,(H,40,45)/t29-,30-,32+,33+,34-,38+/m1/s1. The number of ether oxygens (including phenoxy) is 2. The lowest BCUT2D eigenvalue weighted by Crippen LogP contribution is -2.56. The molecule has 0 unspecified atom stereocenters. The Hall–Kier alpha value is -3.99. The second-order valence-electron chi connectivity index (χ2n) is 12.9. The van der Waals surface area contributed by atoms with E-state index >= 15 is 0 Å². The van der Waals surface area contributed by atoms with Gasteiger partial charge in [0.05, 0.1) is 24.0 Å². The zero-order valence-corrected chi connectivity index (χ0v) is 28.6. The first-order valence-corrected chi connectivity index (χ1v) is 17.5. The van der Waals surface area contributed by atoms with E-state index in [1.54, 1.807) is 46.2 Å². The van der Waals surface area contributed by atoms with Gasteiger partial charge in [0, 0.05) is 36.8 Å². The summed E-state index contributed by atoms with van der Waals surface area (Å²) >= 11 is 6.16. The number of likely N-dealkylation sites (tertiary alicyclic amines) is 1. The molecule has 11 heteroatoms. The van der Waals surface area contributed by atoms with Crippen LogP contribution in [0.15, 0.2) is 79.9 Å². The molecule has 3 fully saturated rings. The van der Waals surface area contributed by atoms with Crippen LogP contribution in [-0.4, -0.2) is 77.7 Å². The lowest BCUT2D eigenvalue weighted by molar-refractivity contribution is -0.146. The van der Waals surface area contributed by atoms with E-state index in [1.165, 1.54) is 0 Å². The number of aliphatic hydroxyl groups excluding tert-OH is 1. The molecule has 3 aliphatic heterocycles. The van der Waals surface area contributed by atoms with E-state index in [2.05, 4.69) is 18.5 Å². The lowest BCUT2D eigenvalue weighted by atomic mass is 9.70. The molecule has 262 valence electrons. The number of carbonyl (C=O) groups excluding carboxylic acids is 4. The van der Waals surface area contributed by atoms with E-state index < -0.39 is 41.6 Å². The SMILES string of the molecule is C=CCCC(=O)OC[C@@H](NC(=O)[C@@H]1[C@H]2C(=O)N(CCCCCCO)[C@H](C(=O)N(CC=C)c3ccc(Cl)cc3)[C@]23CC[C@H]1O3)c1ccccc1. The Labute approximate surface area is 293 Å². The van der Waals surface area contributed by atoms with Crippen molar-refractivity contribution in [2.75, 3.05) is 31.2 Å². The van der Waals surface area contributed by atoms with Gasteiger partial charge in [-0.15, -0.1) is 13.2 Å². The van der Waals surface area contributed by atoms with Gasteiger partial charge in [-0.2, -0.15) is 0 Å². The first kappa shape index (κ1) is 36.3. The summed E-state index contributed by atoms with van der Waals surface area (Å²) in [4.78, 5) is 59.0. The van der Waals surface area contributed by atoms with Gasteiger partial charge in [-0.1, -0.05) is 66.9 Å². The molecule has 3 saturated heterocycles. The molecular formula is C38H46ClN3O7. The normalized spacial score (nSPS) is 24.3. The minimum atomic E-state index is -1.18. The van der Waals surface area contributed by atoms with Gasteiger partial charge in [0.25, 0.3) is 5.91 Å². The van der Waals surface area contributed by atoms with Gasteiger partial charge < -0.3 is 29.7 Å². The fourth-order valence-electron chi connectivity index (χ4n) is 7.58. The van der Waals surface area contributed by atoms with E-state index in [1.807, 2.05) is 30.3 Å². The molecule has 0 radical (unpaired) electrons. The summed E-state index contributed by atoms with van der Waals surface area (Å²) in [7, 11) is 0. The Bertz CT molecular complexity index is 1500. The number of nitrogens with zero attached hydrogens (tertiary/aromatic N) is 2. The summed E-state index contributed by atoms with van der Waals surface area (Å²) < 4.78 is 12.2. The summed E-state index contributed by atoms with van der Waals surface area (Å²) in [5.74, 6) is -3.04. The van der Waals surface area contributed by atoms with Gasteiger partial charge in [-0.25, -0.2) is 0 Å². The Morgan fingerprint density at radius 2 is 1.82 bits per heavy atom. The Kier molecular flexibility index (Phi) is 12.3. The van der Waals surface area contributed by atoms with Crippen LogP contribution in [-0.2, 0) is 28.7 Å². The molecule has 2 aromatic rings. The van der Waals surface area contributed by atoms with Crippen LogP contribution in [0.1, 0.15) is 63.0 Å². The maximum Gasteiger partial charge on any atom is 0.306 e. The van der Waals surface area contributed by atoms with Crippen molar-refractivity contribution in [1.29, 1.82) is 0 Å². The number of nitrogens with one attached hydrogen (secondary N) is 1. The van der Waals surface area contributed by atoms with E-state index in [9.17, 15) is 24.3 Å². The largest absolute Gasteiger partial charge is 0.463 e. The number of hydrogen-bond donors (Lipinski definition) is 2. The smallest absolute Gasteiger partial charge is 0.306 e. The van der Waals surface area contributed by atoms with Crippen LogP contribution in [0, 0.1) is 11.8 Å². The molecule has 1 spiro atoms. The highest BCUT2D eigenvalue weighted by Gasteiger charge is 2.74. The second kappa shape index (κ2) is 16.6. The number of anilines is 1. The number of allylic oxidation sites excluding steroid dienone is 1. The van der Waals surface area contributed by atoms with Crippen molar-refractivity contribution >= 4 is 41.0 Å². The maximum absolute atomic E-state index is 14.7. The third-order valence-electron chi connectivity index (χ3n) is 9.84. The summed E-state index contributed by atoms with van der Waals surface area (Å²) in [5, 5.41) is 12.8. The van der Waals surface area contributed by atoms with Gasteiger partial charge in [0.15, 0.2) is 0 Å². The summed E-state index contributed by atoms with van der Waals surface area (Å²) in [6.07, 6.45) is 7.22. The first-order chi connectivity index (χ1) is 23.7. The number of carbonyl (C=O) groups is 4. The summed E-state index contributed by atoms with van der Waals surface area (Å²) in [6.45, 7) is 8.05. The molecule has 3 amide bonds. The van der Waals surface area contributed by atoms with Gasteiger partial charge in [0.1, 0.15) is 18.2 Å². The number of hydrogen-bond acceptors (Lipinski definition) is 7. The van der Waals surface area contributed by atoms with Crippen LogP contribution in [0.5, 0.6) is 0 Å². The zero-order chi connectivity index (χ0) is 35.0. The number of aliphatic hydroxyl groups is 1. The van der Waals surface area contributed by atoms with E-state index in [4.69, 9.17) is 21.1 Å². The molecule has 0 aliphatic carbocycles. The molecule has 0 saturated carbocycles. The Morgan fingerprint density at radius 1 is 1.08 bits per heavy atom. The second-order valence-corrected chi connectivity index (χ2v) is 13.4. The Morgan fingerprint density at radius 3 is 2.51 bits per heavy atom. The minimum Gasteiger partial charge on any atom is -0.463 e. The van der Waals surface area contributed by atoms with Crippen molar-refractivity contribution in [3.63, 3.8) is 0 Å². The fourth-order valence-corrected chi connectivity index (χ4v) is 7.71.